The lowest BCUT2D eigenvalue weighted by Gasteiger charge is -2.09. The summed E-state index contributed by atoms with van der Waals surface area (Å²) >= 11 is 0. The van der Waals surface area contributed by atoms with E-state index in [1.54, 1.807) is 12.1 Å². The summed E-state index contributed by atoms with van der Waals surface area (Å²) in [5.74, 6) is 5.99. The Morgan fingerprint density at radius 2 is 1.95 bits per heavy atom. The molecule has 0 aliphatic heterocycles. The maximum absolute atomic E-state index is 11.3. The monoisotopic (exact) mass is 285 g/mol. The molecule has 1 amide bonds. The number of nitrogen functional groups attached to an aromatic ring is 1. The minimum Gasteiger partial charge on any atom is -0.487 e. The second-order valence-electron chi connectivity index (χ2n) is 5.02. The van der Waals surface area contributed by atoms with Gasteiger partial charge in [-0.05, 0) is 35.7 Å². The van der Waals surface area contributed by atoms with Crippen molar-refractivity contribution in [2.45, 2.75) is 26.4 Å². The SMILES string of the molecule is CC(C)c1ccc(OCc2ccc(C(=O)NN)cn2)cc1. The molecule has 3 N–H and O–H groups in total. The minimum atomic E-state index is -0.362. The fourth-order valence-electron chi connectivity index (χ4n) is 1.83. The lowest BCUT2D eigenvalue weighted by molar-refractivity contribution is 0.0953. The normalized spacial score (nSPS) is 10.5. The fourth-order valence-corrected chi connectivity index (χ4v) is 1.83. The Hall–Kier alpha value is -2.40. The number of ether oxygens (including phenoxy) is 1. The average molecular weight is 285 g/mol. The van der Waals surface area contributed by atoms with Crippen molar-refractivity contribution in [3.63, 3.8) is 0 Å². The summed E-state index contributed by atoms with van der Waals surface area (Å²) in [5.41, 5.74) is 4.50. The Balaban J connectivity index is 1.95. The molecule has 21 heavy (non-hydrogen) atoms. The Morgan fingerprint density at radius 3 is 2.48 bits per heavy atom. The fraction of sp³-hybridized carbons (Fsp3) is 0.250. The predicted molar refractivity (Wildman–Crippen MR) is 80.8 cm³/mol. The third kappa shape index (κ3) is 4.03. The first kappa shape index (κ1) is 15.0. The van der Waals surface area contributed by atoms with E-state index in [4.69, 9.17) is 10.6 Å². The first-order chi connectivity index (χ1) is 10.1. The van der Waals surface area contributed by atoms with Gasteiger partial charge in [0.05, 0.1) is 11.3 Å². The highest BCUT2D eigenvalue weighted by atomic mass is 16.5. The van der Waals surface area contributed by atoms with Crippen molar-refractivity contribution in [2.75, 3.05) is 0 Å². The van der Waals surface area contributed by atoms with Gasteiger partial charge in [-0.15, -0.1) is 0 Å². The maximum atomic E-state index is 11.3. The van der Waals surface area contributed by atoms with Gasteiger partial charge >= 0.3 is 0 Å². The van der Waals surface area contributed by atoms with Gasteiger partial charge < -0.3 is 4.74 Å². The van der Waals surface area contributed by atoms with Crippen LogP contribution in [0.25, 0.3) is 0 Å². The molecular weight excluding hydrogens is 266 g/mol. The molecule has 0 saturated heterocycles. The number of carbonyl (C=O) groups excluding carboxylic acids is 1. The van der Waals surface area contributed by atoms with Crippen molar-refractivity contribution in [1.82, 2.24) is 10.4 Å². The van der Waals surface area contributed by atoms with Crippen LogP contribution in [-0.4, -0.2) is 10.9 Å². The quantitative estimate of drug-likeness (QED) is 0.502. The zero-order valence-corrected chi connectivity index (χ0v) is 12.2. The van der Waals surface area contributed by atoms with Crippen LogP contribution in [0.3, 0.4) is 0 Å². The number of aromatic nitrogens is 1. The molecule has 1 heterocycles. The Morgan fingerprint density at radius 1 is 1.24 bits per heavy atom. The number of hydrogen-bond donors (Lipinski definition) is 2. The molecular formula is C16H19N3O2. The summed E-state index contributed by atoms with van der Waals surface area (Å²) in [6.45, 7) is 4.66. The van der Waals surface area contributed by atoms with Crippen LogP contribution in [0, 0.1) is 0 Å². The van der Waals surface area contributed by atoms with Gasteiger partial charge in [0, 0.05) is 6.20 Å². The molecule has 0 radical (unpaired) electrons. The highest BCUT2D eigenvalue weighted by Crippen LogP contribution is 2.19. The lowest BCUT2D eigenvalue weighted by atomic mass is 10.0. The van der Waals surface area contributed by atoms with Crippen molar-refractivity contribution in [3.8, 4) is 5.75 Å². The second-order valence-corrected chi connectivity index (χ2v) is 5.02. The summed E-state index contributed by atoms with van der Waals surface area (Å²) in [4.78, 5) is 15.5. The summed E-state index contributed by atoms with van der Waals surface area (Å²) in [6.07, 6.45) is 1.47. The number of rotatable bonds is 5. The van der Waals surface area contributed by atoms with Gasteiger partial charge in [0.2, 0.25) is 0 Å². The molecule has 0 bridgehead atoms. The van der Waals surface area contributed by atoms with Gasteiger partial charge in [-0.1, -0.05) is 26.0 Å². The van der Waals surface area contributed by atoms with E-state index in [-0.39, 0.29) is 5.91 Å². The van der Waals surface area contributed by atoms with Gasteiger partial charge in [0.15, 0.2) is 0 Å². The van der Waals surface area contributed by atoms with E-state index in [0.717, 1.165) is 11.4 Å². The lowest BCUT2D eigenvalue weighted by Crippen LogP contribution is -2.30. The zero-order chi connectivity index (χ0) is 15.2. The van der Waals surface area contributed by atoms with Gasteiger partial charge in [0.25, 0.3) is 5.91 Å². The second kappa shape index (κ2) is 6.85. The summed E-state index contributed by atoms with van der Waals surface area (Å²) < 4.78 is 5.67. The largest absolute Gasteiger partial charge is 0.487 e. The van der Waals surface area contributed by atoms with Crippen LogP contribution in [0.5, 0.6) is 5.75 Å². The number of benzene rings is 1. The number of amides is 1. The van der Waals surface area contributed by atoms with Crippen LogP contribution in [0.2, 0.25) is 0 Å². The maximum Gasteiger partial charge on any atom is 0.266 e. The molecule has 2 aromatic rings. The van der Waals surface area contributed by atoms with E-state index in [1.807, 2.05) is 12.1 Å². The molecule has 5 nitrogen and oxygen atoms in total. The molecule has 5 heteroatoms. The van der Waals surface area contributed by atoms with Crippen LogP contribution < -0.4 is 16.0 Å². The zero-order valence-electron chi connectivity index (χ0n) is 12.2. The summed E-state index contributed by atoms with van der Waals surface area (Å²) in [5, 5.41) is 0. The molecule has 0 spiro atoms. The van der Waals surface area contributed by atoms with Crippen molar-refractivity contribution in [1.29, 1.82) is 0 Å². The van der Waals surface area contributed by atoms with Crippen LogP contribution >= 0.6 is 0 Å². The number of hydrazine groups is 1. The van der Waals surface area contributed by atoms with Gasteiger partial charge in [-0.25, -0.2) is 5.84 Å². The third-order valence-corrected chi connectivity index (χ3v) is 3.15. The molecule has 110 valence electrons. The molecule has 1 aromatic carbocycles. The predicted octanol–water partition coefficient (Wildman–Crippen LogP) is 2.39. The average Bonchev–Trinajstić information content (AvgIpc) is 2.53. The molecule has 0 atom stereocenters. The molecule has 0 unspecified atom stereocenters. The smallest absolute Gasteiger partial charge is 0.266 e. The van der Waals surface area contributed by atoms with Crippen LogP contribution in [0.4, 0.5) is 0 Å². The number of nitrogens with one attached hydrogen (secondary N) is 1. The van der Waals surface area contributed by atoms with Crippen molar-refractivity contribution >= 4 is 5.91 Å². The first-order valence-corrected chi connectivity index (χ1v) is 6.79. The van der Waals surface area contributed by atoms with Gasteiger partial charge in [-0.2, -0.15) is 0 Å². The standard InChI is InChI=1S/C16H19N3O2/c1-11(2)12-4-7-15(8-5-12)21-10-14-6-3-13(9-18-14)16(20)19-17/h3-9,11H,10,17H2,1-2H3,(H,19,20). The highest BCUT2D eigenvalue weighted by Gasteiger charge is 2.04. The van der Waals surface area contributed by atoms with E-state index in [0.29, 0.717) is 18.1 Å². The van der Waals surface area contributed by atoms with Gasteiger partial charge in [-0.3, -0.25) is 15.2 Å². The van der Waals surface area contributed by atoms with Crippen molar-refractivity contribution < 1.29 is 9.53 Å². The van der Waals surface area contributed by atoms with E-state index in [2.05, 4.69) is 36.4 Å². The number of nitrogens with zero attached hydrogens (tertiary/aromatic N) is 1. The number of pyridine rings is 1. The molecule has 0 aliphatic rings. The van der Waals surface area contributed by atoms with Crippen LogP contribution in [-0.2, 0) is 6.61 Å². The van der Waals surface area contributed by atoms with E-state index >= 15 is 0 Å². The van der Waals surface area contributed by atoms with E-state index < -0.39 is 0 Å². The van der Waals surface area contributed by atoms with E-state index in [9.17, 15) is 4.79 Å². The Labute approximate surface area is 124 Å². The Kier molecular flexibility index (Phi) is 4.90. The molecule has 0 saturated carbocycles. The Bertz CT molecular complexity index is 592. The van der Waals surface area contributed by atoms with Gasteiger partial charge in [0.1, 0.15) is 12.4 Å². The number of carbonyl (C=O) groups is 1. The molecule has 2 rings (SSSR count). The summed E-state index contributed by atoms with van der Waals surface area (Å²) in [6, 6.07) is 11.4. The minimum absolute atomic E-state index is 0.353. The highest BCUT2D eigenvalue weighted by molar-refractivity contribution is 5.93. The molecule has 1 aromatic heterocycles. The van der Waals surface area contributed by atoms with Crippen LogP contribution in [0.15, 0.2) is 42.6 Å². The number of nitrogens with two attached hydrogens (primary N) is 1. The number of hydrogen-bond acceptors (Lipinski definition) is 4. The van der Waals surface area contributed by atoms with Crippen LogP contribution in [0.1, 0.15) is 41.4 Å². The van der Waals surface area contributed by atoms with Crippen molar-refractivity contribution in [2.24, 2.45) is 5.84 Å². The third-order valence-electron chi connectivity index (χ3n) is 3.15. The topological polar surface area (TPSA) is 77.2 Å². The molecule has 0 fully saturated rings. The first-order valence-electron chi connectivity index (χ1n) is 6.79. The molecule has 0 aliphatic carbocycles. The van der Waals surface area contributed by atoms with Crippen molar-refractivity contribution in [3.05, 3.63) is 59.4 Å². The summed E-state index contributed by atoms with van der Waals surface area (Å²) in [7, 11) is 0. The van der Waals surface area contributed by atoms with E-state index in [1.165, 1.54) is 11.8 Å².